The van der Waals surface area contributed by atoms with Crippen LogP contribution in [-0.2, 0) is 11.4 Å². The molecule has 0 atom stereocenters. The zero-order valence-corrected chi connectivity index (χ0v) is 15.3. The van der Waals surface area contributed by atoms with E-state index in [9.17, 15) is 4.79 Å². The Bertz CT molecular complexity index is 777. The van der Waals surface area contributed by atoms with Crippen LogP contribution in [-0.4, -0.2) is 19.6 Å². The lowest BCUT2D eigenvalue weighted by atomic mass is 10.1. The molecular weight excluding hydrogens is 332 g/mol. The smallest absolute Gasteiger partial charge is 0.228 e. The van der Waals surface area contributed by atoms with Gasteiger partial charge in [-0.3, -0.25) is 9.80 Å². The lowest BCUT2D eigenvalue weighted by molar-refractivity contribution is -0.107. The van der Waals surface area contributed by atoms with Crippen molar-refractivity contribution in [2.24, 2.45) is 16.1 Å². The summed E-state index contributed by atoms with van der Waals surface area (Å²) in [6.07, 6.45) is 0.549. The van der Waals surface area contributed by atoms with Gasteiger partial charge in [0, 0.05) is 0 Å². The molecule has 2 N–H and O–H groups in total. The molecule has 2 aromatic rings. The van der Waals surface area contributed by atoms with Crippen molar-refractivity contribution < 1.29 is 14.3 Å². The molecule has 0 saturated carbocycles. The van der Waals surface area contributed by atoms with E-state index in [-0.39, 0.29) is 6.61 Å². The predicted octanol–water partition coefficient (Wildman–Crippen LogP) is 3.91. The Balaban J connectivity index is 2.25. The number of nitrogens with two attached hydrogens (primary N) is 1. The van der Waals surface area contributed by atoms with Crippen molar-refractivity contribution in [1.82, 2.24) is 0 Å². The molecule has 26 heavy (non-hydrogen) atoms. The highest BCUT2D eigenvalue weighted by Crippen LogP contribution is 2.31. The minimum absolute atomic E-state index is 0.212. The second kappa shape index (κ2) is 9.53. The van der Waals surface area contributed by atoms with Gasteiger partial charge in [-0.1, -0.05) is 6.07 Å². The maximum atomic E-state index is 11.1. The maximum absolute atomic E-state index is 11.1. The molecule has 0 aliphatic rings. The van der Waals surface area contributed by atoms with Crippen LogP contribution in [0.2, 0.25) is 0 Å². The Morgan fingerprint density at radius 1 is 1.15 bits per heavy atom. The molecule has 0 saturated heterocycles. The first kappa shape index (κ1) is 19.4. The number of hydrogen-bond acceptors (Lipinski definition) is 6. The number of hydrazine groups is 1. The molecule has 0 aromatic heterocycles. The van der Waals surface area contributed by atoms with Gasteiger partial charge >= 0.3 is 0 Å². The zero-order valence-electron chi connectivity index (χ0n) is 15.3. The summed E-state index contributed by atoms with van der Waals surface area (Å²) in [6, 6.07) is 11.0. The monoisotopic (exact) mass is 356 g/mol. The minimum atomic E-state index is 0.212. The van der Waals surface area contributed by atoms with Crippen molar-refractivity contribution in [3.8, 4) is 11.5 Å². The molecule has 2 aromatic carbocycles. The van der Waals surface area contributed by atoms with Crippen LogP contribution in [0.5, 0.6) is 11.5 Å². The number of nitrogens with zero attached hydrogens (tertiary/aromatic N) is 3. The number of azo groups is 1. The van der Waals surface area contributed by atoms with E-state index in [4.69, 9.17) is 15.3 Å². The summed E-state index contributed by atoms with van der Waals surface area (Å²) in [5.74, 6) is 7.10. The Hall–Kier alpha value is -2.93. The number of amides is 1. The molecule has 0 heterocycles. The molecule has 2 rings (SSSR count). The van der Waals surface area contributed by atoms with Crippen molar-refractivity contribution in [2.75, 3.05) is 18.2 Å². The van der Waals surface area contributed by atoms with Crippen molar-refractivity contribution in [2.45, 2.75) is 27.4 Å². The van der Waals surface area contributed by atoms with E-state index in [1.165, 1.54) is 0 Å². The fourth-order valence-corrected chi connectivity index (χ4v) is 2.45. The van der Waals surface area contributed by atoms with E-state index in [0.717, 1.165) is 16.3 Å². The van der Waals surface area contributed by atoms with E-state index in [1.54, 1.807) is 12.1 Å². The molecule has 1 amide bonds. The number of carbonyl (C=O) groups is 1. The van der Waals surface area contributed by atoms with Crippen LogP contribution < -0.4 is 20.3 Å². The summed E-state index contributed by atoms with van der Waals surface area (Å²) >= 11 is 0. The zero-order chi connectivity index (χ0) is 18.9. The summed E-state index contributed by atoms with van der Waals surface area (Å²) in [6.45, 7) is 7.12. The standard InChI is InChI=1S/C19H24N4O3/c1-4-21-22-15-9-10-18(14(3)11-15)26-12-16-17(23(20)13-24)7-6-8-19(16)25-5-2/h6-11,13H,4-5,12,20H2,1-3H3. The van der Waals surface area contributed by atoms with E-state index >= 15 is 0 Å². The highest BCUT2D eigenvalue weighted by Gasteiger charge is 2.14. The molecule has 7 nitrogen and oxygen atoms in total. The van der Waals surface area contributed by atoms with Gasteiger partial charge in [-0.15, -0.1) is 0 Å². The van der Waals surface area contributed by atoms with E-state index < -0.39 is 0 Å². The van der Waals surface area contributed by atoms with Crippen molar-refractivity contribution in [3.05, 3.63) is 47.5 Å². The number of ether oxygens (including phenoxy) is 2. The third kappa shape index (κ3) is 4.80. The fourth-order valence-electron chi connectivity index (χ4n) is 2.45. The highest BCUT2D eigenvalue weighted by atomic mass is 16.5. The molecule has 0 unspecified atom stereocenters. The summed E-state index contributed by atoms with van der Waals surface area (Å²) in [4.78, 5) is 11.1. The van der Waals surface area contributed by atoms with Gasteiger partial charge in [-0.05, 0) is 56.7 Å². The average Bonchev–Trinajstić information content (AvgIpc) is 2.65. The normalized spacial score (nSPS) is 10.8. The van der Waals surface area contributed by atoms with Gasteiger partial charge in [0.2, 0.25) is 6.41 Å². The lowest BCUT2D eigenvalue weighted by Gasteiger charge is -2.19. The van der Waals surface area contributed by atoms with Gasteiger partial charge < -0.3 is 9.47 Å². The van der Waals surface area contributed by atoms with E-state index in [1.807, 2.05) is 45.0 Å². The Labute approximate surface area is 153 Å². The molecule has 0 bridgehead atoms. The molecule has 0 spiro atoms. The van der Waals surface area contributed by atoms with Gasteiger partial charge in [0.1, 0.15) is 18.1 Å². The minimum Gasteiger partial charge on any atom is -0.493 e. The molecule has 0 fully saturated rings. The van der Waals surface area contributed by atoms with Gasteiger partial charge in [0.05, 0.1) is 30.1 Å². The molecule has 138 valence electrons. The SMILES string of the molecule is CCN=Nc1ccc(OCc2c(OCC)cccc2N(N)C=O)c(C)c1. The Kier molecular flexibility index (Phi) is 7.11. The van der Waals surface area contributed by atoms with Crippen LogP contribution in [0.1, 0.15) is 25.0 Å². The summed E-state index contributed by atoms with van der Waals surface area (Å²) in [7, 11) is 0. The topological polar surface area (TPSA) is 89.5 Å². The lowest BCUT2D eigenvalue weighted by Crippen LogP contribution is -2.30. The number of anilines is 1. The van der Waals surface area contributed by atoms with E-state index in [0.29, 0.717) is 42.3 Å². The quantitative estimate of drug-likeness (QED) is 0.242. The van der Waals surface area contributed by atoms with Crippen LogP contribution in [0.25, 0.3) is 0 Å². The van der Waals surface area contributed by atoms with Crippen molar-refractivity contribution in [3.63, 3.8) is 0 Å². The van der Waals surface area contributed by atoms with Crippen molar-refractivity contribution >= 4 is 17.8 Å². The average molecular weight is 356 g/mol. The predicted molar refractivity (Wildman–Crippen MR) is 101 cm³/mol. The third-order valence-electron chi connectivity index (χ3n) is 3.66. The molecular formula is C19H24N4O3. The molecule has 0 aliphatic carbocycles. The van der Waals surface area contributed by atoms with Gasteiger partial charge in [0.25, 0.3) is 0 Å². The fraction of sp³-hybridized carbons (Fsp3) is 0.316. The van der Waals surface area contributed by atoms with Crippen LogP contribution in [0.3, 0.4) is 0 Å². The van der Waals surface area contributed by atoms with Gasteiger partial charge in [-0.25, -0.2) is 5.84 Å². The number of rotatable bonds is 9. The van der Waals surface area contributed by atoms with Crippen LogP contribution in [0.15, 0.2) is 46.6 Å². The molecule has 0 aliphatic heterocycles. The Morgan fingerprint density at radius 3 is 2.62 bits per heavy atom. The van der Waals surface area contributed by atoms with Crippen LogP contribution >= 0.6 is 0 Å². The second-order valence-electron chi connectivity index (χ2n) is 5.50. The largest absolute Gasteiger partial charge is 0.493 e. The molecule has 7 heteroatoms. The van der Waals surface area contributed by atoms with Crippen LogP contribution in [0.4, 0.5) is 11.4 Å². The first-order chi connectivity index (χ1) is 12.6. The van der Waals surface area contributed by atoms with E-state index in [2.05, 4.69) is 10.2 Å². The number of aryl methyl sites for hydroxylation is 1. The third-order valence-corrected chi connectivity index (χ3v) is 3.66. The maximum Gasteiger partial charge on any atom is 0.228 e. The number of benzene rings is 2. The Morgan fingerprint density at radius 2 is 1.96 bits per heavy atom. The first-order valence-corrected chi connectivity index (χ1v) is 8.45. The molecule has 0 radical (unpaired) electrons. The van der Waals surface area contributed by atoms with Crippen LogP contribution in [0, 0.1) is 6.92 Å². The second-order valence-corrected chi connectivity index (χ2v) is 5.50. The summed E-state index contributed by atoms with van der Waals surface area (Å²) in [5, 5.41) is 9.13. The van der Waals surface area contributed by atoms with Gasteiger partial charge in [-0.2, -0.15) is 10.2 Å². The first-order valence-electron chi connectivity index (χ1n) is 8.45. The van der Waals surface area contributed by atoms with Gasteiger partial charge in [0.15, 0.2) is 0 Å². The number of hydrogen-bond donors (Lipinski definition) is 1. The summed E-state index contributed by atoms with van der Waals surface area (Å²) in [5.41, 5.74) is 2.96. The number of carbonyl (C=O) groups excluding carboxylic acids is 1. The highest BCUT2D eigenvalue weighted by molar-refractivity contribution is 5.76. The summed E-state index contributed by atoms with van der Waals surface area (Å²) < 4.78 is 11.6. The van der Waals surface area contributed by atoms with Crippen molar-refractivity contribution in [1.29, 1.82) is 0 Å².